The van der Waals surface area contributed by atoms with Gasteiger partial charge in [-0.3, -0.25) is 14.6 Å². The summed E-state index contributed by atoms with van der Waals surface area (Å²) in [7, 11) is 0. The van der Waals surface area contributed by atoms with Gasteiger partial charge >= 0.3 is 0 Å². The van der Waals surface area contributed by atoms with Crippen molar-refractivity contribution < 1.29 is 14.3 Å². The number of nitrogens with zero attached hydrogens (tertiary/aromatic N) is 2. The molecule has 0 radical (unpaired) electrons. The van der Waals surface area contributed by atoms with Gasteiger partial charge in [0.25, 0.3) is 0 Å². The lowest BCUT2D eigenvalue weighted by molar-refractivity contribution is -0.152. The molecule has 2 amide bonds. The molecule has 1 heterocycles. The highest BCUT2D eigenvalue weighted by Gasteiger charge is 2.32. The Hall–Kier alpha value is -1.83. The van der Waals surface area contributed by atoms with E-state index in [1.54, 1.807) is 13.8 Å². The number of piperidine rings is 1. The van der Waals surface area contributed by atoms with E-state index in [4.69, 9.17) is 21.9 Å². The molecule has 6 N–H and O–H groups in total. The highest BCUT2D eigenvalue weighted by Crippen LogP contribution is 2.21. The SMILES string of the molecule is CC(C)(OC1CCN(C(=O)CCCCN=C(N)N)CC1)C(N)=O. The van der Waals surface area contributed by atoms with Gasteiger partial charge in [-0.25, -0.2) is 0 Å². The molecule has 0 saturated carbocycles. The number of carbonyl (C=O) groups excluding carboxylic acids is 2. The summed E-state index contributed by atoms with van der Waals surface area (Å²) in [5.41, 5.74) is 14.8. The second-order valence-electron chi connectivity index (χ2n) is 6.34. The van der Waals surface area contributed by atoms with E-state index >= 15 is 0 Å². The van der Waals surface area contributed by atoms with E-state index < -0.39 is 11.5 Å². The van der Waals surface area contributed by atoms with Crippen LogP contribution in [0.15, 0.2) is 4.99 Å². The molecular formula is C15H29N5O3. The Morgan fingerprint density at radius 1 is 1.17 bits per heavy atom. The molecule has 0 aliphatic carbocycles. The summed E-state index contributed by atoms with van der Waals surface area (Å²) in [6, 6.07) is 0. The standard InChI is InChI=1S/C15H29N5O3/c1-15(2,13(16)22)23-11-6-9-20(10-7-11)12(21)5-3-4-8-19-14(17)18/h11H,3-10H2,1-2H3,(H2,16,22)(H4,17,18,19). The molecule has 1 saturated heterocycles. The van der Waals surface area contributed by atoms with Gasteiger partial charge < -0.3 is 26.8 Å². The third-order valence-electron chi connectivity index (χ3n) is 3.94. The average molecular weight is 327 g/mol. The number of hydrogen-bond acceptors (Lipinski definition) is 4. The summed E-state index contributed by atoms with van der Waals surface area (Å²) in [5, 5.41) is 0. The molecule has 8 heteroatoms. The summed E-state index contributed by atoms with van der Waals surface area (Å²) in [6.45, 7) is 5.18. The normalized spacial score (nSPS) is 16.2. The minimum Gasteiger partial charge on any atom is -0.370 e. The number of aliphatic imine (C=N–C) groups is 1. The fraction of sp³-hybridized carbons (Fsp3) is 0.800. The molecule has 0 atom stereocenters. The Bertz CT molecular complexity index is 438. The second kappa shape index (κ2) is 8.71. The lowest BCUT2D eigenvalue weighted by Gasteiger charge is -2.35. The topological polar surface area (TPSA) is 137 Å². The van der Waals surface area contributed by atoms with Crippen LogP contribution >= 0.6 is 0 Å². The van der Waals surface area contributed by atoms with Crippen molar-refractivity contribution in [2.75, 3.05) is 19.6 Å². The van der Waals surface area contributed by atoms with Crippen LogP contribution in [0.2, 0.25) is 0 Å². The second-order valence-corrected chi connectivity index (χ2v) is 6.34. The largest absolute Gasteiger partial charge is 0.370 e. The van der Waals surface area contributed by atoms with Crippen LogP contribution in [0, 0.1) is 0 Å². The Kier molecular flexibility index (Phi) is 7.28. The van der Waals surface area contributed by atoms with Crippen LogP contribution in [0.1, 0.15) is 46.0 Å². The summed E-state index contributed by atoms with van der Waals surface area (Å²) in [4.78, 5) is 29.1. The molecule has 1 rings (SSSR count). The van der Waals surface area contributed by atoms with Gasteiger partial charge in [0.1, 0.15) is 5.60 Å². The van der Waals surface area contributed by atoms with Crippen molar-refractivity contribution in [3.8, 4) is 0 Å². The first-order valence-corrected chi connectivity index (χ1v) is 8.03. The smallest absolute Gasteiger partial charge is 0.249 e. The highest BCUT2D eigenvalue weighted by molar-refractivity contribution is 5.82. The Balaban J connectivity index is 2.26. The Morgan fingerprint density at radius 2 is 1.78 bits per heavy atom. The number of primary amides is 1. The van der Waals surface area contributed by atoms with Crippen LogP contribution in [0.4, 0.5) is 0 Å². The number of rotatable bonds is 8. The first-order chi connectivity index (χ1) is 10.7. The quantitative estimate of drug-likeness (QED) is 0.319. The Morgan fingerprint density at radius 3 is 2.30 bits per heavy atom. The van der Waals surface area contributed by atoms with Crippen LogP contribution in [0.3, 0.4) is 0 Å². The van der Waals surface area contributed by atoms with Gasteiger partial charge in [0, 0.05) is 26.1 Å². The molecular weight excluding hydrogens is 298 g/mol. The van der Waals surface area contributed by atoms with Crippen molar-refractivity contribution in [1.29, 1.82) is 0 Å². The predicted octanol–water partition coefficient (Wildman–Crippen LogP) is -0.298. The Labute approximate surface area is 137 Å². The van der Waals surface area contributed by atoms with Crippen LogP contribution in [-0.2, 0) is 14.3 Å². The van der Waals surface area contributed by atoms with Gasteiger partial charge in [-0.15, -0.1) is 0 Å². The fourth-order valence-corrected chi connectivity index (χ4v) is 2.45. The maximum absolute atomic E-state index is 12.1. The van der Waals surface area contributed by atoms with Crippen molar-refractivity contribution in [3.05, 3.63) is 0 Å². The monoisotopic (exact) mass is 327 g/mol. The third-order valence-corrected chi connectivity index (χ3v) is 3.94. The molecule has 8 nitrogen and oxygen atoms in total. The van der Waals surface area contributed by atoms with Crippen molar-refractivity contribution in [3.63, 3.8) is 0 Å². The first-order valence-electron chi connectivity index (χ1n) is 8.03. The average Bonchev–Trinajstić information content (AvgIpc) is 2.46. The van der Waals surface area contributed by atoms with Gasteiger partial charge in [0.05, 0.1) is 6.10 Å². The summed E-state index contributed by atoms with van der Waals surface area (Å²) >= 11 is 0. The number of hydrogen-bond donors (Lipinski definition) is 3. The zero-order valence-electron chi connectivity index (χ0n) is 14.1. The van der Waals surface area contributed by atoms with Gasteiger partial charge in [0.2, 0.25) is 11.8 Å². The van der Waals surface area contributed by atoms with Gasteiger partial charge in [-0.05, 0) is 39.5 Å². The molecule has 0 aromatic rings. The van der Waals surface area contributed by atoms with Crippen LogP contribution < -0.4 is 17.2 Å². The van der Waals surface area contributed by atoms with Gasteiger partial charge in [-0.1, -0.05) is 0 Å². The number of unbranched alkanes of at least 4 members (excludes halogenated alkanes) is 1. The molecule has 0 spiro atoms. The number of nitrogens with two attached hydrogens (primary N) is 3. The van der Waals surface area contributed by atoms with E-state index in [0.29, 0.717) is 26.1 Å². The summed E-state index contributed by atoms with van der Waals surface area (Å²) < 4.78 is 5.75. The van der Waals surface area contributed by atoms with E-state index in [1.165, 1.54) is 0 Å². The molecule has 0 aromatic carbocycles. The molecule has 0 bridgehead atoms. The maximum atomic E-state index is 12.1. The fourth-order valence-electron chi connectivity index (χ4n) is 2.45. The highest BCUT2D eigenvalue weighted by atomic mass is 16.5. The first kappa shape index (κ1) is 19.2. The molecule has 1 aliphatic heterocycles. The molecule has 132 valence electrons. The lowest BCUT2D eigenvalue weighted by atomic mass is 10.0. The number of likely N-dealkylation sites (tertiary alicyclic amines) is 1. The minimum atomic E-state index is -0.970. The number of carbonyl (C=O) groups is 2. The third kappa shape index (κ3) is 6.85. The van der Waals surface area contributed by atoms with E-state index in [2.05, 4.69) is 4.99 Å². The number of amides is 2. The van der Waals surface area contributed by atoms with Crippen LogP contribution in [-0.4, -0.2) is 54.0 Å². The van der Waals surface area contributed by atoms with Gasteiger partial charge in [-0.2, -0.15) is 0 Å². The zero-order valence-corrected chi connectivity index (χ0v) is 14.1. The summed E-state index contributed by atoms with van der Waals surface area (Å²) in [6.07, 6.45) is 3.45. The van der Waals surface area contributed by atoms with Crippen molar-refractivity contribution in [1.82, 2.24) is 4.90 Å². The molecule has 0 unspecified atom stereocenters. The number of guanidine groups is 1. The van der Waals surface area contributed by atoms with Crippen LogP contribution in [0.25, 0.3) is 0 Å². The van der Waals surface area contributed by atoms with Gasteiger partial charge in [0.15, 0.2) is 5.96 Å². The molecule has 0 aromatic heterocycles. The van der Waals surface area contributed by atoms with Crippen LogP contribution in [0.5, 0.6) is 0 Å². The summed E-state index contributed by atoms with van der Waals surface area (Å²) in [5.74, 6) is -0.253. The van der Waals surface area contributed by atoms with E-state index in [9.17, 15) is 9.59 Å². The molecule has 23 heavy (non-hydrogen) atoms. The van der Waals surface area contributed by atoms with E-state index in [-0.39, 0.29) is 18.0 Å². The minimum absolute atomic E-state index is 0.0385. The van der Waals surface area contributed by atoms with Crippen molar-refractivity contribution in [2.45, 2.75) is 57.7 Å². The molecule has 1 aliphatic rings. The molecule has 1 fully saturated rings. The van der Waals surface area contributed by atoms with E-state index in [0.717, 1.165) is 25.7 Å². The van der Waals surface area contributed by atoms with Crippen molar-refractivity contribution in [2.24, 2.45) is 22.2 Å². The van der Waals surface area contributed by atoms with E-state index in [1.807, 2.05) is 4.90 Å². The maximum Gasteiger partial charge on any atom is 0.249 e. The zero-order chi connectivity index (χ0) is 17.5. The predicted molar refractivity (Wildman–Crippen MR) is 88.5 cm³/mol. The van der Waals surface area contributed by atoms with Crippen molar-refractivity contribution >= 4 is 17.8 Å². The number of ether oxygens (including phenoxy) is 1. The lowest BCUT2D eigenvalue weighted by Crippen LogP contribution is -2.47.